The maximum atomic E-state index is 9.82. The first-order valence-electron chi connectivity index (χ1n) is 5.59. The maximum absolute atomic E-state index is 9.82. The highest BCUT2D eigenvalue weighted by molar-refractivity contribution is 4.72. The second-order valence-electron chi connectivity index (χ2n) is 5.12. The van der Waals surface area contributed by atoms with Gasteiger partial charge >= 0.3 is 0 Å². The van der Waals surface area contributed by atoms with Crippen molar-refractivity contribution in [1.82, 2.24) is 0 Å². The molecule has 0 bridgehead atoms. The zero-order valence-corrected chi connectivity index (χ0v) is 9.93. The van der Waals surface area contributed by atoms with Gasteiger partial charge < -0.3 is 5.11 Å². The van der Waals surface area contributed by atoms with Crippen LogP contribution in [-0.2, 0) is 0 Å². The molecular formula is C12H26O. The van der Waals surface area contributed by atoms with E-state index in [1.54, 1.807) is 0 Å². The van der Waals surface area contributed by atoms with Crippen LogP contribution in [0.1, 0.15) is 60.3 Å². The molecule has 0 aliphatic rings. The average Bonchev–Trinajstić information content (AvgIpc) is 2.03. The molecule has 0 aromatic heterocycles. The maximum Gasteiger partial charge on any atom is 0.0547 e. The highest BCUT2D eigenvalue weighted by Gasteiger charge is 2.20. The predicted octanol–water partition coefficient (Wildman–Crippen LogP) is 3.61. The summed E-state index contributed by atoms with van der Waals surface area (Å²) in [5.74, 6) is 0.655. The zero-order valence-electron chi connectivity index (χ0n) is 9.93. The third-order valence-electron chi connectivity index (χ3n) is 3.12. The Labute approximate surface area is 83.5 Å². The van der Waals surface area contributed by atoms with Gasteiger partial charge in [0.05, 0.1) is 6.10 Å². The fourth-order valence-electron chi connectivity index (χ4n) is 1.50. The van der Waals surface area contributed by atoms with E-state index in [0.717, 1.165) is 19.3 Å². The van der Waals surface area contributed by atoms with Gasteiger partial charge in [0.1, 0.15) is 0 Å². The van der Waals surface area contributed by atoms with Gasteiger partial charge in [-0.15, -0.1) is 0 Å². The van der Waals surface area contributed by atoms with Crippen LogP contribution in [0.25, 0.3) is 0 Å². The van der Waals surface area contributed by atoms with Gasteiger partial charge in [-0.25, -0.2) is 0 Å². The van der Waals surface area contributed by atoms with Gasteiger partial charge in [-0.05, 0) is 24.2 Å². The van der Waals surface area contributed by atoms with Crippen molar-refractivity contribution >= 4 is 0 Å². The van der Waals surface area contributed by atoms with E-state index in [1.807, 2.05) is 0 Å². The van der Waals surface area contributed by atoms with Crippen LogP contribution >= 0.6 is 0 Å². The molecule has 0 aromatic carbocycles. The number of hydrogen-bond acceptors (Lipinski definition) is 1. The summed E-state index contributed by atoms with van der Waals surface area (Å²) >= 11 is 0. The number of aliphatic hydroxyl groups excluding tert-OH is 1. The van der Waals surface area contributed by atoms with E-state index < -0.39 is 0 Å². The lowest BCUT2D eigenvalue weighted by molar-refractivity contribution is 0.0899. The summed E-state index contributed by atoms with van der Waals surface area (Å²) in [6.07, 6.45) is 4.10. The second-order valence-corrected chi connectivity index (χ2v) is 5.12. The standard InChI is InChI=1S/C12H26O/c1-6-10(3)8-11(13)9-12(4,5)7-2/h10-11,13H,6-9H2,1-5H3. The normalized spacial score (nSPS) is 17.1. The molecule has 0 rings (SSSR count). The fraction of sp³-hybridized carbons (Fsp3) is 1.00. The van der Waals surface area contributed by atoms with Gasteiger partial charge in [-0.2, -0.15) is 0 Å². The van der Waals surface area contributed by atoms with Gasteiger partial charge in [-0.3, -0.25) is 0 Å². The summed E-state index contributed by atoms with van der Waals surface area (Å²) < 4.78 is 0. The Morgan fingerprint density at radius 1 is 1.23 bits per heavy atom. The van der Waals surface area contributed by atoms with Gasteiger partial charge in [0, 0.05) is 0 Å². The van der Waals surface area contributed by atoms with E-state index >= 15 is 0 Å². The van der Waals surface area contributed by atoms with Crippen molar-refractivity contribution in [2.24, 2.45) is 11.3 Å². The smallest absolute Gasteiger partial charge is 0.0547 e. The Morgan fingerprint density at radius 2 is 1.77 bits per heavy atom. The van der Waals surface area contributed by atoms with Crippen LogP contribution in [0.3, 0.4) is 0 Å². The Hall–Kier alpha value is -0.0400. The molecule has 1 heteroatoms. The summed E-state index contributed by atoms with van der Waals surface area (Å²) in [4.78, 5) is 0. The molecule has 80 valence electrons. The van der Waals surface area contributed by atoms with Gasteiger partial charge in [0.15, 0.2) is 0 Å². The van der Waals surface area contributed by atoms with Crippen LogP contribution in [0.2, 0.25) is 0 Å². The molecule has 0 aliphatic heterocycles. The van der Waals surface area contributed by atoms with Gasteiger partial charge in [0.2, 0.25) is 0 Å². The lowest BCUT2D eigenvalue weighted by Crippen LogP contribution is -2.21. The van der Waals surface area contributed by atoms with Crippen LogP contribution in [-0.4, -0.2) is 11.2 Å². The first kappa shape index (κ1) is 13.0. The van der Waals surface area contributed by atoms with Crippen LogP contribution < -0.4 is 0 Å². The van der Waals surface area contributed by atoms with Crippen molar-refractivity contribution in [3.8, 4) is 0 Å². The van der Waals surface area contributed by atoms with Gasteiger partial charge in [-0.1, -0.05) is 47.5 Å². The SMILES string of the molecule is CCC(C)CC(O)CC(C)(C)CC. The Kier molecular flexibility index (Phi) is 5.62. The topological polar surface area (TPSA) is 20.2 Å². The van der Waals surface area contributed by atoms with Crippen molar-refractivity contribution < 1.29 is 5.11 Å². The van der Waals surface area contributed by atoms with Crippen molar-refractivity contribution in [1.29, 1.82) is 0 Å². The Morgan fingerprint density at radius 3 is 2.15 bits per heavy atom. The van der Waals surface area contributed by atoms with E-state index in [4.69, 9.17) is 0 Å². The molecule has 0 radical (unpaired) electrons. The second kappa shape index (κ2) is 5.64. The third-order valence-corrected chi connectivity index (χ3v) is 3.12. The summed E-state index contributed by atoms with van der Waals surface area (Å²) in [6.45, 7) is 11.0. The lowest BCUT2D eigenvalue weighted by Gasteiger charge is -2.26. The summed E-state index contributed by atoms with van der Waals surface area (Å²) in [6, 6.07) is 0. The van der Waals surface area contributed by atoms with E-state index in [2.05, 4.69) is 34.6 Å². The van der Waals surface area contributed by atoms with E-state index in [1.165, 1.54) is 6.42 Å². The zero-order chi connectivity index (χ0) is 10.5. The van der Waals surface area contributed by atoms with Crippen molar-refractivity contribution in [2.45, 2.75) is 66.4 Å². The molecule has 1 nitrogen and oxygen atoms in total. The third kappa shape index (κ3) is 6.09. The molecule has 2 atom stereocenters. The Bertz CT molecular complexity index is 129. The molecule has 1 N–H and O–H groups in total. The van der Waals surface area contributed by atoms with Crippen molar-refractivity contribution in [3.05, 3.63) is 0 Å². The minimum atomic E-state index is -0.107. The van der Waals surface area contributed by atoms with Crippen LogP contribution in [0.15, 0.2) is 0 Å². The number of hydrogen-bond donors (Lipinski definition) is 1. The quantitative estimate of drug-likeness (QED) is 0.672. The monoisotopic (exact) mass is 186 g/mol. The molecule has 13 heavy (non-hydrogen) atoms. The largest absolute Gasteiger partial charge is 0.393 e. The molecule has 0 amide bonds. The van der Waals surface area contributed by atoms with E-state index in [9.17, 15) is 5.11 Å². The minimum Gasteiger partial charge on any atom is -0.393 e. The number of aliphatic hydroxyl groups is 1. The summed E-state index contributed by atoms with van der Waals surface area (Å²) in [7, 11) is 0. The molecule has 0 fully saturated rings. The minimum absolute atomic E-state index is 0.107. The summed E-state index contributed by atoms with van der Waals surface area (Å²) in [5.41, 5.74) is 0.298. The lowest BCUT2D eigenvalue weighted by atomic mass is 9.82. The van der Waals surface area contributed by atoms with E-state index in [0.29, 0.717) is 11.3 Å². The first-order chi connectivity index (χ1) is 5.91. The van der Waals surface area contributed by atoms with E-state index in [-0.39, 0.29) is 6.10 Å². The average molecular weight is 186 g/mol. The van der Waals surface area contributed by atoms with Crippen LogP contribution in [0, 0.1) is 11.3 Å². The highest BCUT2D eigenvalue weighted by atomic mass is 16.3. The molecule has 0 spiro atoms. The Balaban J connectivity index is 3.79. The van der Waals surface area contributed by atoms with Crippen molar-refractivity contribution in [2.75, 3.05) is 0 Å². The molecular weight excluding hydrogens is 160 g/mol. The molecule has 0 saturated carbocycles. The highest BCUT2D eigenvalue weighted by Crippen LogP contribution is 2.28. The van der Waals surface area contributed by atoms with Crippen LogP contribution in [0.5, 0.6) is 0 Å². The molecule has 2 unspecified atom stereocenters. The first-order valence-corrected chi connectivity index (χ1v) is 5.59. The number of rotatable bonds is 6. The molecule has 0 aliphatic carbocycles. The van der Waals surface area contributed by atoms with Crippen molar-refractivity contribution in [3.63, 3.8) is 0 Å². The molecule has 0 heterocycles. The predicted molar refractivity (Wildman–Crippen MR) is 58.8 cm³/mol. The molecule has 0 saturated heterocycles. The molecule has 0 aromatic rings. The fourth-order valence-corrected chi connectivity index (χ4v) is 1.50. The summed E-state index contributed by atoms with van der Waals surface area (Å²) in [5, 5.41) is 9.82. The van der Waals surface area contributed by atoms with Gasteiger partial charge in [0.25, 0.3) is 0 Å². The van der Waals surface area contributed by atoms with Crippen LogP contribution in [0.4, 0.5) is 0 Å².